The number of rotatable bonds is 4. The summed E-state index contributed by atoms with van der Waals surface area (Å²) in [6.07, 6.45) is 1.10. The molecule has 0 atom stereocenters. The second kappa shape index (κ2) is 5.42. The summed E-state index contributed by atoms with van der Waals surface area (Å²) in [5, 5.41) is 16.4. The number of hydrogen-bond acceptors (Lipinski definition) is 6. The first-order chi connectivity index (χ1) is 9.69. The first-order valence-electron chi connectivity index (χ1n) is 6.19. The van der Waals surface area contributed by atoms with Crippen molar-refractivity contribution in [1.29, 1.82) is 0 Å². The molecule has 6 heteroatoms. The number of thiazole rings is 1. The molecule has 1 N–H and O–H groups in total. The van der Waals surface area contributed by atoms with Gasteiger partial charge in [-0.3, -0.25) is 0 Å². The number of benzene rings is 1. The molecular weight excluding hydrogens is 274 g/mol. The smallest absolute Gasteiger partial charge is 0.231 e. The minimum Gasteiger partial charge on any atom is -0.508 e. The van der Waals surface area contributed by atoms with Crippen LogP contribution in [0.3, 0.4) is 0 Å². The van der Waals surface area contributed by atoms with E-state index in [1.54, 1.807) is 29.5 Å². The molecule has 0 aliphatic rings. The Balaban J connectivity index is 1.70. The Kier molecular flexibility index (Phi) is 3.47. The van der Waals surface area contributed by atoms with Gasteiger partial charge in [-0.2, -0.15) is 4.98 Å². The minimum atomic E-state index is 0.237. The fourth-order valence-electron chi connectivity index (χ4n) is 1.89. The number of phenols is 1. The van der Waals surface area contributed by atoms with Crippen LogP contribution in [0, 0.1) is 6.92 Å². The summed E-state index contributed by atoms with van der Waals surface area (Å²) in [5.74, 6) is 1.41. The van der Waals surface area contributed by atoms with Crippen LogP contribution in [0.15, 0.2) is 34.2 Å². The summed E-state index contributed by atoms with van der Waals surface area (Å²) in [7, 11) is 0. The van der Waals surface area contributed by atoms with Crippen LogP contribution in [-0.2, 0) is 12.8 Å². The molecular formula is C14H13N3O2S. The third-order valence-corrected chi connectivity index (χ3v) is 3.72. The Labute approximate surface area is 119 Å². The maximum absolute atomic E-state index is 9.42. The van der Waals surface area contributed by atoms with Crippen molar-refractivity contribution in [3.8, 4) is 5.75 Å². The van der Waals surface area contributed by atoms with Crippen LogP contribution in [0.25, 0.3) is 0 Å². The normalized spacial score (nSPS) is 10.8. The van der Waals surface area contributed by atoms with Crippen molar-refractivity contribution in [3.63, 3.8) is 0 Å². The maximum Gasteiger partial charge on any atom is 0.231 e. The average molecular weight is 287 g/mol. The van der Waals surface area contributed by atoms with Gasteiger partial charge in [-0.05, 0) is 24.6 Å². The van der Waals surface area contributed by atoms with Crippen LogP contribution >= 0.6 is 11.3 Å². The van der Waals surface area contributed by atoms with Crippen molar-refractivity contribution in [3.05, 3.63) is 57.6 Å². The molecule has 0 aliphatic heterocycles. The molecule has 2 heterocycles. The molecule has 0 saturated heterocycles. The van der Waals surface area contributed by atoms with Crippen LogP contribution in [0.2, 0.25) is 0 Å². The number of aryl methyl sites for hydroxylation is 1. The van der Waals surface area contributed by atoms with Gasteiger partial charge in [-0.1, -0.05) is 17.3 Å². The summed E-state index contributed by atoms with van der Waals surface area (Å²) in [5.41, 5.74) is 1.94. The molecule has 2 aromatic heterocycles. The van der Waals surface area contributed by atoms with E-state index in [4.69, 9.17) is 4.52 Å². The van der Waals surface area contributed by atoms with E-state index >= 15 is 0 Å². The van der Waals surface area contributed by atoms with Gasteiger partial charge in [0.15, 0.2) is 5.82 Å². The second-order valence-electron chi connectivity index (χ2n) is 4.51. The van der Waals surface area contributed by atoms with Crippen molar-refractivity contribution < 1.29 is 9.63 Å². The van der Waals surface area contributed by atoms with Crippen LogP contribution in [0.1, 0.15) is 28.0 Å². The number of nitrogens with zero attached hydrogens (tertiary/aromatic N) is 3. The lowest BCUT2D eigenvalue weighted by Crippen LogP contribution is -1.92. The van der Waals surface area contributed by atoms with Crippen molar-refractivity contribution in [2.75, 3.05) is 0 Å². The van der Waals surface area contributed by atoms with Gasteiger partial charge in [0, 0.05) is 11.1 Å². The molecule has 0 spiro atoms. The molecule has 0 bridgehead atoms. The molecule has 20 heavy (non-hydrogen) atoms. The first kappa shape index (κ1) is 12.8. The van der Waals surface area contributed by atoms with E-state index in [0.29, 0.717) is 24.6 Å². The summed E-state index contributed by atoms with van der Waals surface area (Å²) < 4.78 is 5.22. The fraction of sp³-hybridized carbons (Fsp3) is 0.214. The van der Waals surface area contributed by atoms with Crippen LogP contribution < -0.4 is 0 Å². The summed E-state index contributed by atoms with van der Waals surface area (Å²) in [4.78, 5) is 8.72. The standard InChI is InChI=1S/C14H13N3O2S/c1-9-8-20-14(15-9)7-12-16-13(19-17-12)6-10-3-2-4-11(18)5-10/h2-5,8,18H,6-7H2,1H3. The number of aromatic hydroxyl groups is 1. The lowest BCUT2D eigenvalue weighted by atomic mass is 10.1. The van der Waals surface area contributed by atoms with E-state index < -0.39 is 0 Å². The zero-order chi connectivity index (χ0) is 13.9. The maximum atomic E-state index is 9.42. The van der Waals surface area contributed by atoms with Gasteiger partial charge >= 0.3 is 0 Å². The van der Waals surface area contributed by atoms with Gasteiger partial charge in [0.1, 0.15) is 10.8 Å². The third kappa shape index (κ3) is 3.03. The fourth-order valence-corrected chi connectivity index (χ4v) is 2.66. The molecule has 102 valence electrons. The van der Waals surface area contributed by atoms with Crippen molar-refractivity contribution in [2.45, 2.75) is 19.8 Å². The first-order valence-corrected chi connectivity index (χ1v) is 7.07. The van der Waals surface area contributed by atoms with E-state index in [-0.39, 0.29) is 5.75 Å². The summed E-state index contributed by atoms with van der Waals surface area (Å²) >= 11 is 1.59. The monoisotopic (exact) mass is 287 g/mol. The van der Waals surface area contributed by atoms with Crippen molar-refractivity contribution in [2.24, 2.45) is 0 Å². The molecule has 0 aliphatic carbocycles. The molecule has 0 saturated carbocycles. The summed E-state index contributed by atoms with van der Waals surface area (Å²) in [6, 6.07) is 7.02. The Bertz CT molecular complexity index is 721. The lowest BCUT2D eigenvalue weighted by molar-refractivity contribution is 0.380. The molecule has 0 radical (unpaired) electrons. The highest BCUT2D eigenvalue weighted by Crippen LogP contribution is 2.16. The highest BCUT2D eigenvalue weighted by atomic mass is 32.1. The van der Waals surface area contributed by atoms with Gasteiger partial charge in [0.25, 0.3) is 0 Å². The van der Waals surface area contributed by atoms with Gasteiger partial charge in [-0.15, -0.1) is 11.3 Å². The van der Waals surface area contributed by atoms with E-state index in [0.717, 1.165) is 16.3 Å². The minimum absolute atomic E-state index is 0.237. The summed E-state index contributed by atoms with van der Waals surface area (Å²) in [6.45, 7) is 1.96. The van der Waals surface area contributed by atoms with Gasteiger partial charge in [0.05, 0.1) is 12.8 Å². The second-order valence-corrected chi connectivity index (χ2v) is 5.45. The average Bonchev–Trinajstić information content (AvgIpc) is 3.00. The van der Waals surface area contributed by atoms with Gasteiger partial charge in [0.2, 0.25) is 5.89 Å². The topological polar surface area (TPSA) is 72.0 Å². The van der Waals surface area contributed by atoms with E-state index in [9.17, 15) is 5.11 Å². The predicted molar refractivity (Wildman–Crippen MR) is 74.9 cm³/mol. The van der Waals surface area contributed by atoms with Gasteiger partial charge in [-0.25, -0.2) is 4.98 Å². The Hall–Kier alpha value is -2.21. The Morgan fingerprint density at radius 1 is 1.25 bits per heavy atom. The zero-order valence-electron chi connectivity index (χ0n) is 10.9. The molecule has 3 rings (SSSR count). The quantitative estimate of drug-likeness (QED) is 0.798. The van der Waals surface area contributed by atoms with E-state index in [1.165, 1.54) is 0 Å². The van der Waals surface area contributed by atoms with Crippen LogP contribution in [0.4, 0.5) is 0 Å². The SMILES string of the molecule is Cc1csc(Cc2noc(Cc3cccc(O)c3)n2)n1. The molecule has 3 aromatic rings. The molecule has 0 amide bonds. The predicted octanol–water partition coefficient (Wildman–Crippen LogP) is 2.72. The Morgan fingerprint density at radius 2 is 2.15 bits per heavy atom. The number of hydrogen-bond donors (Lipinski definition) is 1. The third-order valence-electron chi connectivity index (χ3n) is 2.75. The highest BCUT2D eigenvalue weighted by molar-refractivity contribution is 7.09. The van der Waals surface area contributed by atoms with Crippen molar-refractivity contribution in [1.82, 2.24) is 15.1 Å². The zero-order valence-corrected chi connectivity index (χ0v) is 11.7. The van der Waals surface area contributed by atoms with E-state index in [1.807, 2.05) is 18.4 Å². The van der Waals surface area contributed by atoms with E-state index in [2.05, 4.69) is 15.1 Å². The van der Waals surface area contributed by atoms with Crippen LogP contribution in [-0.4, -0.2) is 20.2 Å². The van der Waals surface area contributed by atoms with Crippen LogP contribution in [0.5, 0.6) is 5.75 Å². The molecule has 1 aromatic carbocycles. The largest absolute Gasteiger partial charge is 0.508 e. The van der Waals surface area contributed by atoms with Crippen molar-refractivity contribution >= 4 is 11.3 Å². The number of aromatic nitrogens is 3. The lowest BCUT2D eigenvalue weighted by Gasteiger charge is -1.96. The molecule has 0 fully saturated rings. The number of phenolic OH excluding ortho intramolecular Hbond substituents is 1. The Morgan fingerprint density at radius 3 is 2.90 bits per heavy atom. The van der Waals surface area contributed by atoms with Gasteiger partial charge < -0.3 is 9.63 Å². The molecule has 0 unspecified atom stereocenters. The molecule has 5 nitrogen and oxygen atoms in total. The highest BCUT2D eigenvalue weighted by Gasteiger charge is 2.10.